The Morgan fingerprint density at radius 3 is 2.73 bits per heavy atom. The van der Waals surface area contributed by atoms with Gasteiger partial charge < -0.3 is 4.57 Å². The molecule has 0 bridgehead atoms. The summed E-state index contributed by atoms with van der Waals surface area (Å²) in [6.45, 7) is 3.71. The third-order valence-corrected chi connectivity index (χ3v) is 6.95. The lowest BCUT2D eigenvalue weighted by Gasteiger charge is -2.17. The quantitative estimate of drug-likeness (QED) is 0.685. The van der Waals surface area contributed by atoms with Gasteiger partial charge in [-0.2, -0.15) is 4.31 Å². The number of sulfonamides is 1. The van der Waals surface area contributed by atoms with Crippen molar-refractivity contribution in [2.24, 2.45) is 0 Å². The minimum atomic E-state index is -3.52. The van der Waals surface area contributed by atoms with Crippen molar-refractivity contribution in [1.29, 1.82) is 0 Å². The molecule has 1 aromatic carbocycles. The van der Waals surface area contributed by atoms with Crippen molar-refractivity contribution < 1.29 is 8.42 Å². The summed E-state index contributed by atoms with van der Waals surface area (Å²) >= 11 is 5.87. The van der Waals surface area contributed by atoms with Crippen molar-refractivity contribution in [3.05, 3.63) is 53.4 Å². The second-order valence-electron chi connectivity index (χ2n) is 6.36. The Kier molecular flexibility index (Phi) is 4.46. The van der Waals surface area contributed by atoms with E-state index in [1.54, 1.807) is 30.5 Å². The molecule has 0 N–H and O–H groups in total. The topological polar surface area (TPSA) is 68.1 Å². The molecular weight excluding hydrogens is 372 g/mol. The Balaban J connectivity index is 1.64. The van der Waals surface area contributed by atoms with Gasteiger partial charge in [0.05, 0.1) is 4.90 Å². The molecule has 2 aromatic heterocycles. The summed E-state index contributed by atoms with van der Waals surface area (Å²) in [7, 11) is -3.52. The van der Waals surface area contributed by atoms with Gasteiger partial charge in [0.1, 0.15) is 11.3 Å². The highest BCUT2D eigenvalue weighted by Crippen LogP contribution is 2.32. The Labute approximate surface area is 157 Å². The molecule has 1 fully saturated rings. The molecule has 0 amide bonds. The lowest BCUT2D eigenvalue weighted by Crippen LogP contribution is -2.29. The van der Waals surface area contributed by atoms with E-state index < -0.39 is 10.0 Å². The standard InChI is InChI=1S/C18H19ClN4O2S/c1-2-23-17(21-16-4-3-10-20-18(16)23)13-9-11-22(12-13)26(24,25)15-7-5-14(19)6-8-15/h3-8,10,13H,2,9,11-12H2,1H3/t13-/m1/s1. The summed E-state index contributed by atoms with van der Waals surface area (Å²) < 4.78 is 29.4. The number of benzene rings is 1. The van der Waals surface area contributed by atoms with E-state index in [0.717, 1.165) is 30.0 Å². The van der Waals surface area contributed by atoms with E-state index >= 15 is 0 Å². The Bertz CT molecular complexity index is 1050. The fourth-order valence-corrected chi connectivity index (χ4v) is 5.14. The second-order valence-corrected chi connectivity index (χ2v) is 8.74. The average Bonchev–Trinajstić information content (AvgIpc) is 3.27. The van der Waals surface area contributed by atoms with E-state index in [-0.39, 0.29) is 10.8 Å². The summed E-state index contributed by atoms with van der Waals surface area (Å²) in [5.74, 6) is 0.973. The molecule has 3 aromatic rings. The lowest BCUT2D eigenvalue weighted by molar-refractivity contribution is 0.469. The monoisotopic (exact) mass is 390 g/mol. The molecule has 1 aliphatic rings. The second kappa shape index (κ2) is 6.64. The van der Waals surface area contributed by atoms with Gasteiger partial charge in [-0.05, 0) is 49.7 Å². The van der Waals surface area contributed by atoms with Crippen LogP contribution in [-0.2, 0) is 16.6 Å². The normalized spacial score (nSPS) is 18.6. The minimum absolute atomic E-state index is 0.0613. The van der Waals surface area contributed by atoms with E-state index in [9.17, 15) is 8.42 Å². The van der Waals surface area contributed by atoms with Crippen LogP contribution < -0.4 is 0 Å². The van der Waals surface area contributed by atoms with Gasteiger partial charge >= 0.3 is 0 Å². The van der Waals surface area contributed by atoms with Crippen molar-refractivity contribution >= 4 is 32.8 Å². The number of pyridine rings is 1. The molecule has 1 saturated heterocycles. The predicted molar refractivity (Wildman–Crippen MR) is 101 cm³/mol. The van der Waals surface area contributed by atoms with Crippen LogP contribution in [-0.4, -0.2) is 40.3 Å². The van der Waals surface area contributed by atoms with Gasteiger partial charge in [0, 0.05) is 36.8 Å². The van der Waals surface area contributed by atoms with Crippen LogP contribution in [0.5, 0.6) is 0 Å². The molecule has 3 heterocycles. The number of hydrogen-bond acceptors (Lipinski definition) is 4. The molecule has 6 nitrogen and oxygen atoms in total. The first-order valence-electron chi connectivity index (χ1n) is 8.57. The summed E-state index contributed by atoms with van der Waals surface area (Å²) in [6.07, 6.45) is 2.50. The highest BCUT2D eigenvalue weighted by molar-refractivity contribution is 7.89. The summed E-state index contributed by atoms with van der Waals surface area (Å²) in [5, 5.41) is 0.521. The largest absolute Gasteiger partial charge is 0.313 e. The third-order valence-electron chi connectivity index (χ3n) is 4.82. The summed E-state index contributed by atoms with van der Waals surface area (Å²) in [6, 6.07) is 10.1. The van der Waals surface area contributed by atoms with Crippen LogP contribution in [0.15, 0.2) is 47.5 Å². The number of fused-ring (bicyclic) bond motifs is 1. The van der Waals surface area contributed by atoms with Gasteiger partial charge in [0.25, 0.3) is 0 Å². The first-order valence-corrected chi connectivity index (χ1v) is 10.4. The van der Waals surface area contributed by atoms with Gasteiger partial charge in [-0.15, -0.1) is 0 Å². The van der Waals surface area contributed by atoms with Crippen LogP contribution in [0.2, 0.25) is 5.02 Å². The predicted octanol–water partition coefficient (Wildman–Crippen LogP) is 3.28. The highest BCUT2D eigenvalue weighted by Gasteiger charge is 2.35. The van der Waals surface area contributed by atoms with Crippen LogP contribution in [0.25, 0.3) is 11.2 Å². The van der Waals surface area contributed by atoms with E-state index in [4.69, 9.17) is 16.6 Å². The first kappa shape index (κ1) is 17.5. The molecule has 0 aliphatic carbocycles. The Morgan fingerprint density at radius 1 is 1.23 bits per heavy atom. The van der Waals surface area contributed by atoms with Crippen molar-refractivity contribution in [3.8, 4) is 0 Å². The number of rotatable bonds is 4. The SMILES string of the molecule is CCn1c([C@@H]2CCN(S(=O)(=O)c3ccc(Cl)cc3)C2)nc2cccnc21. The van der Waals surface area contributed by atoms with E-state index in [1.807, 2.05) is 12.1 Å². The van der Waals surface area contributed by atoms with Crippen molar-refractivity contribution in [1.82, 2.24) is 18.8 Å². The van der Waals surface area contributed by atoms with Crippen LogP contribution in [0.3, 0.4) is 0 Å². The maximum atomic E-state index is 12.9. The maximum absolute atomic E-state index is 12.9. The average molecular weight is 391 g/mol. The van der Waals surface area contributed by atoms with Crippen molar-refractivity contribution in [3.63, 3.8) is 0 Å². The molecule has 26 heavy (non-hydrogen) atoms. The minimum Gasteiger partial charge on any atom is -0.313 e. The first-order chi connectivity index (χ1) is 12.5. The van der Waals surface area contributed by atoms with Crippen LogP contribution in [0.1, 0.15) is 25.1 Å². The number of imidazole rings is 1. The molecule has 8 heteroatoms. The van der Waals surface area contributed by atoms with Crippen molar-refractivity contribution in [2.75, 3.05) is 13.1 Å². The molecular formula is C18H19ClN4O2S. The Morgan fingerprint density at radius 2 is 2.00 bits per heavy atom. The van der Waals surface area contributed by atoms with Crippen LogP contribution >= 0.6 is 11.6 Å². The van der Waals surface area contributed by atoms with E-state index in [0.29, 0.717) is 18.1 Å². The molecule has 0 unspecified atom stereocenters. The summed E-state index contributed by atoms with van der Waals surface area (Å²) in [4.78, 5) is 9.42. The number of halogens is 1. The van der Waals surface area contributed by atoms with Gasteiger partial charge in [-0.25, -0.2) is 18.4 Å². The molecule has 0 spiro atoms. The van der Waals surface area contributed by atoms with Gasteiger partial charge in [0.2, 0.25) is 10.0 Å². The number of nitrogens with zero attached hydrogens (tertiary/aromatic N) is 4. The zero-order valence-electron chi connectivity index (χ0n) is 14.3. The number of hydrogen-bond donors (Lipinski definition) is 0. The molecule has 1 aliphatic heterocycles. The van der Waals surface area contributed by atoms with Crippen molar-refractivity contribution in [2.45, 2.75) is 30.7 Å². The fourth-order valence-electron chi connectivity index (χ4n) is 3.51. The lowest BCUT2D eigenvalue weighted by atomic mass is 10.1. The fraction of sp³-hybridized carbons (Fsp3) is 0.333. The molecule has 136 valence electrons. The third kappa shape index (κ3) is 2.90. The molecule has 4 rings (SSSR count). The zero-order valence-corrected chi connectivity index (χ0v) is 15.9. The number of aromatic nitrogens is 3. The zero-order chi connectivity index (χ0) is 18.3. The van der Waals surface area contributed by atoms with Crippen LogP contribution in [0.4, 0.5) is 0 Å². The van der Waals surface area contributed by atoms with Gasteiger partial charge in [-0.1, -0.05) is 11.6 Å². The van der Waals surface area contributed by atoms with E-state index in [2.05, 4.69) is 16.5 Å². The maximum Gasteiger partial charge on any atom is 0.243 e. The Hall–Kier alpha value is -1.96. The molecule has 1 atom stereocenters. The molecule has 0 radical (unpaired) electrons. The highest BCUT2D eigenvalue weighted by atomic mass is 35.5. The van der Waals surface area contributed by atoms with Crippen LogP contribution in [0, 0.1) is 0 Å². The van der Waals surface area contributed by atoms with Gasteiger partial charge in [0.15, 0.2) is 5.65 Å². The molecule has 0 saturated carbocycles. The number of aryl methyl sites for hydroxylation is 1. The van der Waals surface area contributed by atoms with E-state index in [1.165, 1.54) is 4.31 Å². The summed E-state index contributed by atoms with van der Waals surface area (Å²) in [5.41, 5.74) is 1.70. The van der Waals surface area contributed by atoms with Gasteiger partial charge in [-0.3, -0.25) is 0 Å². The smallest absolute Gasteiger partial charge is 0.243 e.